The summed E-state index contributed by atoms with van der Waals surface area (Å²) >= 11 is 0. The zero-order chi connectivity index (χ0) is 16.1. The molecule has 0 aliphatic carbocycles. The Labute approximate surface area is 139 Å². The van der Waals surface area contributed by atoms with Gasteiger partial charge in [-0.15, -0.1) is 0 Å². The van der Waals surface area contributed by atoms with Gasteiger partial charge < -0.3 is 5.32 Å². The molecule has 1 fully saturated rings. The van der Waals surface area contributed by atoms with Crippen LogP contribution in [0.5, 0.6) is 0 Å². The molecule has 0 radical (unpaired) electrons. The van der Waals surface area contributed by atoms with Crippen molar-refractivity contribution < 1.29 is 0 Å². The van der Waals surface area contributed by atoms with Crippen molar-refractivity contribution in [2.45, 2.75) is 38.9 Å². The van der Waals surface area contributed by atoms with Crippen LogP contribution >= 0.6 is 0 Å². The summed E-state index contributed by atoms with van der Waals surface area (Å²) in [6, 6.07) is 11.7. The van der Waals surface area contributed by atoms with E-state index >= 15 is 0 Å². The lowest BCUT2D eigenvalue weighted by molar-refractivity contribution is 0.254. The van der Waals surface area contributed by atoms with Gasteiger partial charge in [0.05, 0.1) is 5.69 Å². The van der Waals surface area contributed by atoms with Crippen LogP contribution in [0.4, 0.5) is 0 Å². The summed E-state index contributed by atoms with van der Waals surface area (Å²) in [6.07, 6.45) is 6.58. The van der Waals surface area contributed by atoms with Crippen molar-refractivity contribution in [3.05, 3.63) is 60.2 Å². The number of rotatable bonds is 6. The van der Waals surface area contributed by atoms with Crippen LogP contribution in [0.2, 0.25) is 0 Å². The Morgan fingerprint density at radius 2 is 2.09 bits per heavy atom. The Hall–Kier alpha value is -1.78. The molecule has 3 atom stereocenters. The van der Waals surface area contributed by atoms with Crippen LogP contribution in [0, 0.1) is 5.92 Å². The lowest BCUT2D eigenvalue weighted by Gasteiger charge is -2.21. The molecule has 2 aromatic rings. The first-order valence-electron chi connectivity index (χ1n) is 8.49. The van der Waals surface area contributed by atoms with E-state index in [1.807, 2.05) is 6.20 Å². The molecule has 0 amide bonds. The second-order valence-corrected chi connectivity index (χ2v) is 6.63. The fourth-order valence-corrected chi connectivity index (χ4v) is 3.39. The minimum absolute atomic E-state index is 0.252. The third-order valence-electron chi connectivity index (χ3n) is 4.76. The molecule has 2 heterocycles. The van der Waals surface area contributed by atoms with E-state index in [9.17, 15) is 0 Å². The summed E-state index contributed by atoms with van der Waals surface area (Å²) in [5.74, 6) is 0.702. The summed E-state index contributed by atoms with van der Waals surface area (Å²) in [7, 11) is 0. The fourth-order valence-electron chi connectivity index (χ4n) is 3.39. The van der Waals surface area contributed by atoms with E-state index in [1.165, 1.54) is 12.0 Å². The van der Waals surface area contributed by atoms with E-state index in [0.717, 1.165) is 25.3 Å². The predicted molar refractivity (Wildman–Crippen MR) is 92.9 cm³/mol. The molecule has 1 aliphatic rings. The SMILES string of the molecule is CC(NCC1CC(C)N(Cc2ccccc2)C1)c1cnccn1. The molecule has 0 bridgehead atoms. The van der Waals surface area contributed by atoms with Gasteiger partial charge in [0.2, 0.25) is 0 Å². The maximum Gasteiger partial charge on any atom is 0.0753 e. The average Bonchev–Trinajstić information content (AvgIpc) is 2.94. The molecule has 1 aromatic carbocycles. The topological polar surface area (TPSA) is 41.0 Å². The van der Waals surface area contributed by atoms with Crippen molar-refractivity contribution in [1.82, 2.24) is 20.2 Å². The van der Waals surface area contributed by atoms with E-state index in [0.29, 0.717) is 12.0 Å². The molecule has 23 heavy (non-hydrogen) atoms. The number of benzene rings is 1. The lowest BCUT2D eigenvalue weighted by Crippen LogP contribution is -2.29. The fraction of sp³-hybridized carbons (Fsp3) is 0.474. The van der Waals surface area contributed by atoms with Crippen LogP contribution in [0.25, 0.3) is 0 Å². The average molecular weight is 310 g/mol. The zero-order valence-electron chi connectivity index (χ0n) is 14.0. The second kappa shape index (κ2) is 7.66. The summed E-state index contributed by atoms with van der Waals surface area (Å²) in [5.41, 5.74) is 2.42. The number of aromatic nitrogens is 2. The normalized spacial score (nSPS) is 23.0. The molecule has 1 N–H and O–H groups in total. The van der Waals surface area contributed by atoms with Crippen molar-refractivity contribution in [2.75, 3.05) is 13.1 Å². The standard InChI is InChI=1S/C19H26N4/c1-15-10-18(11-22-16(2)19-12-20-8-9-21-19)14-23(15)13-17-6-4-3-5-7-17/h3-9,12,15-16,18,22H,10-11,13-14H2,1-2H3. The van der Waals surface area contributed by atoms with Crippen LogP contribution < -0.4 is 5.32 Å². The van der Waals surface area contributed by atoms with Gasteiger partial charge in [-0.1, -0.05) is 30.3 Å². The predicted octanol–water partition coefficient (Wildman–Crippen LogP) is 3.04. The maximum absolute atomic E-state index is 4.37. The van der Waals surface area contributed by atoms with Gasteiger partial charge in [-0.05, 0) is 38.3 Å². The first-order chi connectivity index (χ1) is 11.2. The Kier molecular flexibility index (Phi) is 5.36. The molecule has 3 rings (SSSR count). The van der Waals surface area contributed by atoms with Gasteiger partial charge in [0.1, 0.15) is 0 Å². The third kappa shape index (κ3) is 4.36. The van der Waals surface area contributed by atoms with Gasteiger partial charge in [-0.25, -0.2) is 0 Å². The number of hydrogen-bond acceptors (Lipinski definition) is 4. The molecule has 0 spiro atoms. The Bertz CT molecular complexity index is 587. The van der Waals surface area contributed by atoms with Gasteiger partial charge in [0, 0.05) is 43.8 Å². The van der Waals surface area contributed by atoms with Gasteiger partial charge >= 0.3 is 0 Å². The van der Waals surface area contributed by atoms with Gasteiger partial charge in [-0.2, -0.15) is 0 Å². The van der Waals surface area contributed by atoms with Gasteiger partial charge in [0.15, 0.2) is 0 Å². The monoisotopic (exact) mass is 310 g/mol. The first kappa shape index (κ1) is 16.1. The molecular formula is C19H26N4. The molecule has 1 aromatic heterocycles. The highest BCUT2D eigenvalue weighted by Gasteiger charge is 2.28. The maximum atomic E-state index is 4.37. The Morgan fingerprint density at radius 3 is 2.83 bits per heavy atom. The highest BCUT2D eigenvalue weighted by atomic mass is 15.2. The Balaban J connectivity index is 1.49. The molecule has 1 saturated heterocycles. The Morgan fingerprint density at radius 1 is 1.26 bits per heavy atom. The van der Waals surface area contributed by atoms with Crippen LogP contribution in [-0.4, -0.2) is 34.0 Å². The molecule has 4 heteroatoms. The highest BCUT2D eigenvalue weighted by Crippen LogP contribution is 2.25. The molecule has 0 saturated carbocycles. The smallest absolute Gasteiger partial charge is 0.0753 e. The largest absolute Gasteiger partial charge is 0.308 e. The molecule has 3 unspecified atom stereocenters. The van der Waals surface area contributed by atoms with E-state index in [4.69, 9.17) is 0 Å². The van der Waals surface area contributed by atoms with Crippen LogP contribution in [0.3, 0.4) is 0 Å². The van der Waals surface area contributed by atoms with Crippen molar-refractivity contribution >= 4 is 0 Å². The van der Waals surface area contributed by atoms with Crippen LogP contribution in [0.1, 0.15) is 37.6 Å². The van der Waals surface area contributed by atoms with Crippen molar-refractivity contribution in [3.8, 4) is 0 Å². The van der Waals surface area contributed by atoms with Gasteiger partial charge in [0.25, 0.3) is 0 Å². The number of nitrogens with zero attached hydrogens (tertiary/aromatic N) is 3. The van der Waals surface area contributed by atoms with E-state index in [2.05, 4.69) is 64.4 Å². The molecule has 1 aliphatic heterocycles. The second-order valence-electron chi connectivity index (χ2n) is 6.63. The van der Waals surface area contributed by atoms with Gasteiger partial charge in [-0.3, -0.25) is 14.9 Å². The van der Waals surface area contributed by atoms with Crippen molar-refractivity contribution in [2.24, 2.45) is 5.92 Å². The molecule has 4 nitrogen and oxygen atoms in total. The summed E-state index contributed by atoms with van der Waals surface area (Å²) in [4.78, 5) is 11.1. The zero-order valence-corrected chi connectivity index (χ0v) is 14.0. The molecule has 122 valence electrons. The first-order valence-corrected chi connectivity index (χ1v) is 8.49. The van der Waals surface area contributed by atoms with Crippen molar-refractivity contribution in [1.29, 1.82) is 0 Å². The highest BCUT2D eigenvalue weighted by molar-refractivity contribution is 5.15. The summed E-state index contributed by atoms with van der Waals surface area (Å²) in [6.45, 7) is 7.75. The van der Waals surface area contributed by atoms with E-state index in [-0.39, 0.29) is 6.04 Å². The number of nitrogens with one attached hydrogen (secondary N) is 1. The lowest BCUT2D eigenvalue weighted by atomic mass is 10.1. The van der Waals surface area contributed by atoms with Crippen molar-refractivity contribution in [3.63, 3.8) is 0 Å². The van der Waals surface area contributed by atoms with Crippen LogP contribution in [-0.2, 0) is 6.54 Å². The minimum atomic E-state index is 0.252. The van der Waals surface area contributed by atoms with E-state index in [1.54, 1.807) is 12.4 Å². The quantitative estimate of drug-likeness (QED) is 0.890. The molecular weight excluding hydrogens is 284 g/mol. The van der Waals surface area contributed by atoms with E-state index < -0.39 is 0 Å². The third-order valence-corrected chi connectivity index (χ3v) is 4.76. The number of hydrogen-bond donors (Lipinski definition) is 1. The summed E-state index contributed by atoms with van der Waals surface area (Å²) < 4.78 is 0. The van der Waals surface area contributed by atoms with Crippen LogP contribution in [0.15, 0.2) is 48.9 Å². The number of likely N-dealkylation sites (tertiary alicyclic amines) is 1. The minimum Gasteiger partial charge on any atom is -0.308 e. The summed E-state index contributed by atoms with van der Waals surface area (Å²) in [5, 5.41) is 3.62.